The molecule has 1 aliphatic rings. The van der Waals surface area contributed by atoms with Crippen molar-refractivity contribution in [2.24, 2.45) is 0 Å². The number of Topliss-reactive ketones (excluding diaryl/α,β-unsaturated/α-hetero) is 1. The highest BCUT2D eigenvalue weighted by Gasteiger charge is 2.29. The largest absolute Gasteiger partial charge is 0.366 e. The molecule has 0 N–H and O–H groups in total. The van der Waals surface area contributed by atoms with Gasteiger partial charge in [0.2, 0.25) is 0 Å². The molecular formula is C8H15NO2. The number of ether oxygens (including phenoxy) is 1. The first-order valence-corrected chi connectivity index (χ1v) is 3.92. The second kappa shape index (κ2) is 3.32. The maximum atomic E-state index is 11.0. The molecule has 0 aliphatic carbocycles. The number of nitrogens with zero attached hydrogens (tertiary/aromatic N) is 1. The quantitative estimate of drug-likeness (QED) is 0.577. The van der Waals surface area contributed by atoms with Gasteiger partial charge in [-0.2, -0.15) is 0 Å². The Bertz CT molecular complexity index is 156. The lowest BCUT2D eigenvalue weighted by Gasteiger charge is -2.14. The molecule has 2 atom stereocenters. The molecule has 1 fully saturated rings. The number of carbonyl (C=O) groups excluding carboxylic acids is 1. The average molecular weight is 157 g/mol. The van der Waals surface area contributed by atoms with Gasteiger partial charge in [-0.3, -0.25) is 4.79 Å². The number of likely N-dealkylation sites (N-methyl/N-ethyl adjacent to an activating group) is 1. The molecule has 0 aromatic heterocycles. The van der Waals surface area contributed by atoms with Gasteiger partial charge in [-0.1, -0.05) is 0 Å². The van der Waals surface area contributed by atoms with Crippen LogP contribution in [-0.4, -0.2) is 43.5 Å². The first-order chi connectivity index (χ1) is 5.09. The van der Waals surface area contributed by atoms with Crippen molar-refractivity contribution in [2.45, 2.75) is 25.6 Å². The topological polar surface area (TPSA) is 29.5 Å². The number of rotatable bonds is 2. The van der Waals surface area contributed by atoms with E-state index in [0.717, 1.165) is 6.54 Å². The molecule has 3 nitrogen and oxygen atoms in total. The smallest absolute Gasteiger partial charge is 0.163 e. The van der Waals surface area contributed by atoms with Crippen LogP contribution in [0.3, 0.4) is 0 Å². The lowest BCUT2D eigenvalue weighted by atomic mass is 10.2. The fraction of sp³-hybridized carbons (Fsp3) is 0.875. The van der Waals surface area contributed by atoms with E-state index in [0.29, 0.717) is 6.42 Å². The monoisotopic (exact) mass is 157 g/mol. The summed E-state index contributed by atoms with van der Waals surface area (Å²) < 4.78 is 5.39. The fourth-order valence-electron chi connectivity index (χ4n) is 1.32. The lowest BCUT2D eigenvalue weighted by Crippen LogP contribution is -2.25. The zero-order chi connectivity index (χ0) is 8.43. The van der Waals surface area contributed by atoms with Gasteiger partial charge in [0.1, 0.15) is 6.10 Å². The van der Waals surface area contributed by atoms with Gasteiger partial charge in [0.15, 0.2) is 5.78 Å². The number of carbonyl (C=O) groups is 1. The first-order valence-electron chi connectivity index (χ1n) is 3.92. The third-order valence-corrected chi connectivity index (χ3v) is 1.85. The second-order valence-electron chi connectivity index (χ2n) is 3.33. The van der Waals surface area contributed by atoms with Gasteiger partial charge in [-0.25, -0.2) is 0 Å². The van der Waals surface area contributed by atoms with Gasteiger partial charge in [-0.05, 0) is 21.0 Å². The highest BCUT2D eigenvalue weighted by molar-refractivity contribution is 5.84. The van der Waals surface area contributed by atoms with Crippen LogP contribution in [0, 0.1) is 0 Å². The summed E-state index contributed by atoms with van der Waals surface area (Å²) in [6.07, 6.45) is 0.520. The highest BCUT2D eigenvalue weighted by Crippen LogP contribution is 2.15. The Kier molecular flexibility index (Phi) is 2.62. The van der Waals surface area contributed by atoms with E-state index in [4.69, 9.17) is 4.74 Å². The molecule has 0 radical (unpaired) electrons. The average Bonchev–Trinajstić information content (AvgIpc) is 2.10. The van der Waals surface area contributed by atoms with Crippen LogP contribution >= 0.6 is 0 Å². The summed E-state index contributed by atoms with van der Waals surface area (Å²) in [5.74, 6) is 0.233. The van der Waals surface area contributed by atoms with Crippen molar-refractivity contribution in [3.8, 4) is 0 Å². The van der Waals surface area contributed by atoms with Crippen molar-refractivity contribution >= 4 is 5.78 Å². The van der Waals surface area contributed by atoms with Crippen LogP contribution in [0.15, 0.2) is 0 Å². The van der Waals surface area contributed by atoms with Crippen LogP contribution in [0.25, 0.3) is 0 Å². The summed E-state index contributed by atoms with van der Waals surface area (Å²) in [6, 6.07) is 0. The molecule has 1 rings (SSSR count). The van der Waals surface area contributed by atoms with Crippen molar-refractivity contribution in [2.75, 3.05) is 20.6 Å². The maximum Gasteiger partial charge on any atom is 0.163 e. The Morgan fingerprint density at radius 3 is 2.64 bits per heavy atom. The minimum Gasteiger partial charge on any atom is -0.366 e. The normalized spacial score (nSPS) is 31.8. The molecule has 0 saturated carbocycles. The summed E-state index contributed by atoms with van der Waals surface area (Å²) in [4.78, 5) is 13.1. The molecule has 0 amide bonds. The van der Waals surface area contributed by atoms with Gasteiger partial charge in [0.25, 0.3) is 0 Å². The van der Waals surface area contributed by atoms with Crippen molar-refractivity contribution in [1.29, 1.82) is 0 Å². The van der Waals surface area contributed by atoms with Crippen LogP contribution in [0.1, 0.15) is 13.3 Å². The summed E-state index contributed by atoms with van der Waals surface area (Å²) in [6.45, 7) is 2.66. The summed E-state index contributed by atoms with van der Waals surface area (Å²) in [7, 11) is 3.97. The molecule has 0 bridgehead atoms. The molecule has 3 heteroatoms. The van der Waals surface area contributed by atoms with Crippen LogP contribution < -0.4 is 0 Å². The molecule has 1 aliphatic heterocycles. The number of hydrogen-bond donors (Lipinski definition) is 0. The predicted octanol–water partition coefficient (Wildman–Crippen LogP) is 0.294. The Labute approximate surface area is 67.3 Å². The standard InChI is InChI=1S/C8H15NO2/c1-6-8(10)4-7(11-6)5-9(2)3/h6-7H,4-5H2,1-3H3/t6-,7-/m1/s1. The lowest BCUT2D eigenvalue weighted by molar-refractivity contribution is -0.121. The van der Waals surface area contributed by atoms with Gasteiger partial charge >= 0.3 is 0 Å². The zero-order valence-corrected chi connectivity index (χ0v) is 7.33. The minimum absolute atomic E-state index is 0.118. The van der Waals surface area contributed by atoms with E-state index in [-0.39, 0.29) is 18.0 Å². The Balaban J connectivity index is 2.35. The Hall–Kier alpha value is -0.410. The Morgan fingerprint density at radius 2 is 2.27 bits per heavy atom. The summed E-state index contributed by atoms with van der Waals surface area (Å²) >= 11 is 0. The van der Waals surface area contributed by atoms with Crippen LogP contribution in [0.2, 0.25) is 0 Å². The number of ketones is 1. The molecule has 11 heavy (non-hydrogen) atoms. The van der Waals surface area contributed by atoms with E-state index in [1.54, 1.807) is 0 Å². The minimum atomic E-state index is -0.181. The second-order valence-corrected chi connectivity index (χ2v) is 3.33. The van der Waals surface area contributed by atoms with Crippen LogP contribution in [-0.2, 0) is 9.53 Å². The van der Waals surface area contributed by atoms with Crippen molar-refractivity contribution < 1.29 is 9.53 Å². The van der Waals surface area contributed by atoms with Gasteiger partial charge in [0, 0.05) is 13.0 Å². The van der Waals surface area contributed by atoms with Crippen molar-refractivity contribution in [3.63, 3.8) is 0 Å². The van der Waals surface area contributed by atoms with E-state index in [9.17, 15) is 4.79 Å². The van der Waals surface area contributed by atoms with Crippen LogP contribution in [0.4, 0.5) is 0 Å². The molecule has 1 heterocycles. The molecule has 0 spiro atoms. The molecule has 0 aromatic carbocycles. The maximum absolute atomic E-state index is 11.0. The molecule has 64 valence electrons. The molecular weight excluding hydrogens is 142 g/mol. The molecule has 1 saturated heterocycles. The zero-order valence-electron chi connectivity index (χ0n) is 7.33. The van der Waals surface area contributed by atoms with Crippen molar-refractivity contribution in [3.05, 3.63) is 0 Å². The van der Waals surface area contributed by atoms with Crippen LogP contribution in [0.5, 0.6) is 0 Å². The fourth-order valence-corrected chi connectivity index (χ4v) is 1.32. The highest BCUT2D eigenvalue weighted by atomic mass is 16.5. The molecule has 0 unspecified atom stereocenters. The summed E-state index contributed by atoms with van der Waals surface area (Å²) in [5.41, 5.74) is 0. The van der Waals surface area contributed by atoms with Gasteiger partial charge in [0.05, 0.1) is 6.10 Å². The number of hydrogen-bond acceptors (Lipinski definition) is 3. The van der Waals surface area contributed by atoms with E-state index in [2.05, 4.69) is 0 Å². The summed E-state index contributed by atoms with van der Waals surface area (Å²) in [5, 5.41) is 0. The first kappa shape index (κ1) is 8.68. The SMILES string of the molecule is C[C@H]1O[C@@H](CN(C)C)CC1=O. The van der Waals surface area contributed by atoms with E-state index in [1.807, 2.05) is 25.9 Å². The predicted molar refractivity (Wildman–Crippen MR) is 42.5 cm³/mol. The van der Waals surface area contributed by atoms with Crippen molar-refractivity contribution in [1.82, 2.24) is 4.90 Å². The van der Waals surface area contributed by atoms with E-state index >= 15 is 0 Å². The molecule has 0 aromatic rings. The van der Waals surface area contributed by atoms with Gasteiger partial charge < -0.3 is 9.64 Å². The Morgan fingerprint density at radius 1 is 1.64 bits per heavy atom. The third-order valence-electron chi connectivity index (χ3n) is 1.85. The third kappa shape index (κ3) is 2.27. The van der Waals surface area contributed by atoms with E-state index < -0.39 is 0 Å². The van der Waals surface area contributed by atoms with Gasteiger partial charge in [-0.15, -0.1) is 0 Å². The van der Waals surface area contributed by atoms with E-state index in [1.165, 1.54) is 0 Å².